The van der Waals surface area contributed by atoms with E-state index in [4.69, 9.17) is 19.3 Å². The molecule has 2 aromatic rings. The summed E-state index contributed by atoms with van der Waals surface area (Å²) in [5.41, 5.74) is 1.48. The number of carbonyl (C=O) groups is 1. The lowest BCUT2D eigenvalue weighted by molar-refractivity contribution is -0.149. The molecule has 0 aliphatic carbocycles. The predicted octanol–water partition coefficient (Wildman–Crippen LogP) is 2.73. The number of aliphatic carboxylic acids is 1. The van der Waals surface area contributed by atoms with Gasteiger partial charge in [-0.25, -0.2) is 4.39 Å². The molecule has 2 aliphatic heterocycles. The van der Waals surface area contributed by atoms with Crippen molar-refractivity contribution in [2.75, 3.05) is 26.8 Å². The topological polar surface area (TPSA) is 68.2 Å². The van der Waals surface area contributed by atoms with Gasteiger partial charge in [0, 0.05) is 30.8 Å². The van der Waals surface area contributed by atoms with Gasteiger partial charge in [0.15, 0.2) is 0 Å². The van der Waals surface area contributed by atoms with Crippen molar-refractivity contribution in [1.29, 1.82) is 0 Å². The summed E-state index contributed by atoms with van der Waals surface area (Å²) < 4.78 is 30.6. The van der Waals surface area contributed by atoms with Crippen molar-refractivity contribution in [3.63, 3.8) is 0 Å². The van der Waals surface area contributed by atoms with Crippen LogP contribution in [0.2, 0.25) is 0 Å². The average Bonchev–Trinajstić information content (AvgIpc) is 2.65. The van der Waals surface area contributed by atoms with Crippen LogP contribution in [0.15, 0.2) is 36.4 Å². The minimum absolute atomic E-state index is 0.0921. The molecule has 2 aromatic carbocycles. The summed E-state index contributed by atoms with van der Waals surface area (Å²) in [7, 11) is 1.54. The smallest absolute Gasteiger partial charge is 0.309 e. The molecule has 0 saturated carbocycles. The number of fused-ring (bicyclic) bond motifs is 1. The quantitative estimate of drug-likeness (QED) is 0.822. The highest BCUT2D eigenvalue weighted by molar-refractivity contribution is 5.71. The molecule has 1 fully saturated rings. The van der Waals surface area contributed by atoms with Crippen molar-refractivity contribution in [3.05, 3.63) is 53.3 Å². The van der Waals surface area contributed by atoms with E-state index in [1.807, 2.05) is 18.2 Å². The van der Waals surface area contributed by atoms with Gasteiger partial charge in [0.2, 0.25) is 0 Å². The minimum Gasteiger partial charge on any atom is -0.497 e. The highest BCUT2D eigenvalue weighted by Crippen LogP contribution is 2.33. The maximum Gasteiger partial charge on any atom is 0.309 e. The van der Waals surface area contributed by atoms with Crippen LogP contribution in [-0.4, -0.2) is 48.8 Å². The van der Waals surface area contributed by atoms with Crippen LogP contribution in [0, 0.1) is 11.7 Å². The number of carboxylic acids is 1. The van der Waals surface area contributed by atoms with Crippen molar-refractivity contribution < 1.29 is 28.5 Å². The summed E-state index contributed by atoms with van der Waals surface area (Å²) in [6.07, 6.45) is 0.812. The Kier molecular flexibility index (Phi) is 5.09. The van der Waals surface area contributed by atoms with Gasteiger partial charge in [0.25, 0.3) is 0 Å². The molecule has 2 heterocycles. The molecular weight excluding hydrogens is 365 g/mol. The SMILES string of the molecule is COc1ccc(F)c(COc2ccc3c(c2)OCC(N2CC(C(=O)O)C2)C3)c1. The first-order chi connectivity index (χ1) is 13.5. The monoisotopic (exact) mass is 387 g/mol. The van der Waals surface area contributed by atoms with Crippen LogP contribution in [0.5, 0.6) is 17.2 Å². The normalized spacial score (nSPS) is 19.3. The molecule has 148 valence electrons. The van der Waals surface area contributed by atoms with Gasteiger partial charge < -0.3 is 19.3 Å². The summed E-state index contributed by atoms with van der Waals surface area (Å²) >= 11 is 0. The highest BCUT2D eigenvalue weighted by atomic mass is 19.1. The third-order valence-electron chi connectivity index (χ3n) is 5.35. The Morgan fingerprint density at radius 1 is 1.25 bits per heavy atom. The maximum atomic E-state index is 13.9. The number of hydrogen-bond acceptors (Lipinski definition) is 5. The number of hydrogen-bond donors (Lipinski definition) is 1. The van der Waals surface area contributed by atoms with E-state index in [9.17, 15) is 9.18 Å². The van der Waals surface area contributed by atoms with E-state index in [1.165, 1.54) is 13.2 Å². The summed E-state index contributed by atoms with van der Waals surface area (Å²) in [5, 5.41) is 9.01. The van der Waals surface area contributed by atoms with E-state index in [0.717, 1.165) is 17.7 Å². The van der Waals surface area contributed by atoms with Gasteiger partial charge in [-0.1, -0.05) is 6.07 Å². The molecule has 28 heavy (non-hydrogen) atoms. The van der Waals surface area contributed by atoms with Gasteiger partial charge in [-0.3, -0.25) is 9.69 Å². The van der Waals surface area contributed by atoms with E-state index in [1.54, 1.807) is 12.1 Å². The molecule has 0 amide bonds. The third kappa shape index (κ3) is 3.75. The fourth-order valence-electron chi connectivity index (χ4n) is 3.58. The van der Waals surface area contributed by atoms with Crippen LogP contribution in [0.25, 0.3) is 0 Å². The first kappa shape index (κ1) is 18.6. The molecule has 4 rings (SSSR count). The second-order valence-corrected chi connectivity index (χ2v) is 7.17. The molecule has 0 bridgehead atoms. The van der Waals surface area contributed by atoms with Crippen molar-refractivity contribution >= 4 is 5.97 Å². The van der Waals surface area contributed by atoms with Gasteiger partial charge in [-0.05, 0) is 36.2 Å². The van der Waals surface area contributed by atoms with Crippen molar-refractivity contribution in [3.8, 4) is 17.2 Å². The van der Waals surface area contributed by atoms with Crippen molar-refractivity contribution in [2.24, 2.45) is 5.92 Å². The van der Waals surface area contributed by atoms with Crippen LogP contribution in [-0.2, 0) is 17.8 Å². The van der Waals surface area contributed by atoms with Gasteiger partial charge in [-0.15, -0.1) is 0 Å². The fourth-order valence-corrected chi connectivity index (χ4v) is 3.58. The summed E-state index contributed by atoms with van der Waals surface area (Å²) in [5.74, 6) is 0.601. The number of methoxy groups -OCH3 is 1. The number of halogens is 1. The molecule has 0 aromatic heterocycles. The van der Waals surface area contributed by atoms with Crippen LogP contribution in [0.4, 0.5) is 4.39 Å². The Hall–Kier alpha value is -2.80. The van der Waals surface area contributed by atoms with E-state index >= 15 is 0 Å². The Bertz CT molecular complexity index is 881. The van der Waals surface area contributed by atoms with Gasteiger partial charge >= 0.3 is 5.97 Å². The van der Waals surface area contributed by atoms with Crippen molar-refractivity contribution in [2.45, 2.75) is 19.1 Å². The molecule has 1 unspecified atom stereocenters. The summed E-state index contributed by atoms with van der Waals surface area (Å²) in [6.45, 7) is 1.76. The van der Waals surface area contributed by atoms with Crippen LogP contribution in [0.1, 0.15) is 11.1 Å². The zero-order valence-electron chi connectivity index (χ0n) is 15.6. The molecule has 1 N–H and O–H groups in total. The van der Waals surface area contributed by atoms with Crippen molar-refractivity contribution in [1.82, 2.24) is 4.90 Å². The molecule has 1 atom stereocenters. The van der Waals surface area contributed by atoms with Crippen LogP contribution < -0.4 is 14.2 Å². The lowest BCUT2D eigenvalue weighted by atomic mass is 9.93. The second-order valence-electron chi connectivity index (χ2n) is 7.17. The standard InChI is InChI=1S/C21H22FNO5/c1-26-17-4-5-19(22)14(7-17)11-27-18-3-2-13-6-16(12-28-20(13)8-18)23-9-15(10-23)21(24)25/h2-5,7-8,15-16H,6,9-12H2,1H3,(H,24,25). The minimum atomic E-state index is -0.734. The number of carboxylic acid groups (broad SMARTS) is 1. The zero-order chi connectivity index (χ0) is 19.7. The molecule has 0 spiro atoms. The molecule has 2 aliphatic rings. The third-order valence-corrected chi connectivity index (χ3v) is 5.35. The Morgan fingerprint density at radius 3 is 2.79 bits per heavy atom. The molecule has 1 saturated heterocycles. The van der Waals surface area contributed by atoms with E-state index in [0.29, 0.717) is 36.8 Å². The number of benzene rings is 2. The fraction of sp³-hybridized carbons (Fsp3) is 0.381. The largest absolute Gasteiger partial charge is 0.497 e. The number of nitrogens with zero attached hydrogens (tertiary/aromatic N) is 1. The Balaban J connectivity index is 1.37. The van der Waals surface area contributed by atoms with Gasteiger partial charge in [0.05, 0.1) is 13.0 Å². The average molecular weight is 387 g/mol. The molecule has 7 heteroatoms. The van der Waals surface area contributed by atoms with E-state index in [-0.39, 0.29) is 24.4 Å². The van der Waals surface area contributed by atoms with Crippen LogP contribution >= 0.6 is 0 Å². The Labute approximate surface area is 162 Å². The maximum absolute atomic E-state index is 13.9. The zero-order valence-corrected chi connectivity index (χ0v) is 15.6. The van der Waals surface area contributed by atoms with Gasteiger partial charge in [-0.2, -0.15) is 0 Å². The summed E-state index contributed by atoms with van der Waals surface area (Å²) in [4.78, 5) is 13.1. The first-order valence-electron chi connectivity index (χ1n) is 9.21. The second kappa shape index (κ2) is 7.67. The van der Waals surface area contributed by atoms with Crippen LogP contribution in [0.3, 0.4) is 0 Å². The van der Waals surface area contributed by atoms with E-state index in [2.05, 4.69) is 4.90 Å². The van der Waals surface area contributed by atoms with Gasteiger partial charge in [0.1, 0.15) is 36.3 Å². The highest BCUT2D eigenvalue weighted by Gasteiger charge is 2.38. The number of rotatable bonds is 6. The number of likely N-dealkylation sites (tertiary alicyclic amines) is 1. The predicted molar refractivity (Wildman–Crippen MR) is 99.4 cm³/mol. The lowest BCUT2D eigenvalue weighted by Gasteiger charge is -2.43. The first-order valence-corrected chi connectivity index (χ1v) is 9.21. The van der Waals surface area contributed by atoms with E-state index < -0.39 is 5.97 Å². The molecular formula is C21H22FNO5. The lowest BCUT2D eigenvalue weighted by Crippen LogP contribution is -2.57. The Morgan fingerprint density at radius 2 is 2.04 bits per heavy atom. The molecule has 6 nitrogen and oxygen atoms in total. The summed E-state index contributed by atoms with van der Waals surface area (Å²) in [6, 6.07) is 10.4. The number of ether oxygens (including phenoxy) is 3. The molecule has 0 radical (unpaired) electrons.